The van der Waals surface area contributed by atoms with Gasteiger partial charge in [0, 0.05) is 17.8 Å². The summed E-state index contributed by atoms with van der Waals surface area (Å²) >= 11 is 0. The lowest BCUT2D eigenvalue weighted by atomic mass is 10.1. The molecule has 0 spiro atoms. The number of aryl methyl sites for hydroxylation is 1. The van der Waals surface area contributed by atoms with E-state index in [0.29, 0.717) is 6.42 Å². The Labute approximate surface area is 118 Å². The molecule has 1 aliphatic rings. The van der Waals surface area contributed by atoms with Gasteiger partial charge in [-0.05, 0) is 43.7 Å². The van der Waals surface area contributed by atoms with E-state index in [1.54, 1.807) is 13.1 Å². The molecule has 0 bridgehead atoms. The second-order valence-electron chi connectivity index (χ2n) is 4.35. The first kappa shape index (κ1) is 15.5. The lowest BCUT2D eigenvalue weighted by Crippen LogP contribution is -2.25. The molecule has 104 valence electrons. The smallest absolute Gasteiger partial charge is 0.238 e. The van der Waals surface area contributed by atoms with Crippen LogP contribution in [-0.4, -0.2) is 25.4 Å². The summed E-state index contributed by atoms with van der Waals surface area (Å²) in [7, 11) is 1.73. The van der Waals surface area contributed by atoms with Gasteiger partial charge in [-0.15, -0.1) is 12.4 Å². The zero-order chi connectivity index (χ0) is 13.0. The molecule has 0 saturated carbocycles. The van der Waals surface area contributed by atoms with E-state index in [-0.39, 0.29) is 30.8 Å². The number of likely N-dealkylation sites (N-methyl/N-ethyl adjacent to an activating group) is 1. The molecule has 0 atom stereocenters. The number of carbonyl (C=O) groups excluding carboxylic acids is 2. The van der Waals surface area contributed by atoms with Gasteiger partial charge in [0.2, 0.25) is 11.8 Å². The molecule has 1 aliphatic heterocycles. The molecule has 3 N–H and O–H groups in total. The molecule has 0 aromatic heterocycles. The van der Waals surface area contributed by atoms with Crippen molar-refractivity contribution in [1.82, 2.24) is 5.32 Å². The molecule has 2 rings (SSSR count). The van der Waals surface area contributed by atoms with Gasteiger partial charge in [0.05, 0.1) is 6.54 Å². The predicted octanol–water partition coefficient (Wildman–Crippen LogP) is 1.54. The largest absolute Gasteiger partial charge is 0.326 e. The molecule has 1 heterocycles. The average molecular weight is 284 g/mol. The molecule has 0 aliphatic carbocycles. The Kier molecular flexibility index (Phi) is 5.79. The third kappa shape index (κ3) is 4.22. The van der Waals surface area contributed by atoms with Gasteiger partial charge < -0.3 is 16.0 Å². The van der Waals surface area contributed by atoms with Crippen molar-refractivity contribution >= 4 is 35.6 Å². The predicted molar refractivity (Wildman–Crippen MR) is 77.8 cm³/mol. The number of benzene rings is 1. The minimum Gasteiger partial charge on any atom is -0.326 e. The molecule has 0 saturated heterocycles. The highest BCUT2D eigenvalue weighted by Gasteiger charge is 2.13. The molecule has 1 aromatic carbocycles. The zero-order valence-electron chi connectivity index (χ0n) is 10.8. The first-order valence-electron chi connectivity index (χ1n) is 6.06. The molecular formula is C13H18ClN3O2. The van der Waals surface area contributed by atoms with Gasteiger partial charge in [-0.2, -0.15) is 0 Å². The van der Waals surface area contributed by atoms with Crippen molar-refractivity contribution in [1.29, 1.82) is 0 Å². The lowest BCUT2D eigenvalue weighted by molar-refractivity contribution is -0.116. The lowest BCUT2D eigenvalue weighted by Gasteiger charge is -2.10. The molecular weight excluding hydrogens is 266 g/mol. The number of halogens is 1. The maximum Gasteiger partial charge on any atom is 0.238 e. The average Bonchev–Trinajstić information content (AvgIpc) is 2.50. The Morgan fingerprint density at radius 2 is 2.16 bits per heavy atom. The molecule has 2 amide bonds. The Morgan fingerprint density at radius 3 is 2.89 bits per heavy atom. The number of hydrogen-bond acceptors (Lipinski definition) is 3. The van der Waals surface area contributed by atoms with Crippen molar-refractivity contribution in [2.45, 2.75) is 19.3 Å². The molecule has 0 radical (unpaired) electrons. The van der Waals surface area contributed by atoms with Crippen molar-refractivity contribution < 1.29 is 9.59 Å². The summed E-state index contributed by atoms with van der Waals surface area (Å²) in [6.07, 6.45) is 2.24. The van der Waals surface area contributed by atoms with Crippen LogP contribution in [0.25, 0.3) is 0 Å². The molecule has 19 heavy (non-hydrogen) atoms. The standard InChI is InChI=1S/C13H17N3O2.ClH/c1-14-8-13(18)15-10-5-6-11-9(7-10)3-2-4-12(17)16-11;/h5-7,14H,2-4,8H2,1H3,(H,15,18)(H,16,17);1H. The van der Waals surface area contributed by atoms with E-state index in [9.17, 15) is 9.59 Å². The summed E-state index contributed by atoms with van der Waals surface area (Å²) in [6.45, 7) is 0.286. The maximum atomic E-state index is 11.5. The van der Waals surface area contributed by atoms with E-state index in [2.05, 4.69) is 16.0 Å². The van der Waals surface area contributed by atoms with Crippen LogP contribution in [0.5, 0.6) is 0 Å². The van der Waals surface area contributed by atoms with Crippen molar-refractivity contribution in [2.75, 3.05) is 24.2 Å². The number of anilines is 2. The normalized spacial score (nSPS) is 13.6. The van der Waals surface area contributed by atoms with Crippen molar-refractivity contribution in [2.24, 2.45) is 0 Å². The van der Waals surface area contributed by atoms with Crippen LogP contribution in [0.4, 0.5) is 11.4 Å². The molecule has 0 fully saturated rings. The van der Waals surface area contributed by atoms with Crippen LogP contribution in [0.1, 0.15) is 18.4 Å². The first-order chi connectivity index (χ1) is 8.69. The molecule has 6 heteroatoms. The Bertz CT molecular complexity index is 477. The summed E-state index contributed by atoms with van der Waals surface area (Å²) in [5.41, 5.74) is 2.69. The summed E-state index contributed by atoms with van der Waals surface area (Å²) in [6, 6.07) is 5.57. The maximum absolute atomic E-state index is 11.5. The number of fused-ring (bicyclic) bond motifs is 1. The summed E-state index contributed by atoms with van der Waals surface area (Å²) < 4.78 is 0. The fourth-order valence-electron chi connectivity index (χ4n) is 2.02. The highest BCUT2D eigenvalue weighted by atomic mass is 35.5. The third-order valence-electron chi connectivity index (χ3n) is 2.85. The third-order valence-corrected chi connectivity index (χ3v) is 2.85. The van der Waals surface area contributed by atoms with Gasteiger partial charge in [-0.1, -0.05) is 0 Å². The number of amides is 2. The van der Waals surface area contributed by atoms with E-state index in [4.69, 9.17) is 0 Å². The monoisotopic (exact) mass is 283 g/mol. The first-order valence-corrected chi connectivity index (χ1v) is 6.06. The van der Waals surface area contributed by atoms with Crippen LogP contribution < -0.4 is 16.0 Å². The van der Waals surface area contributed by atoms with Gasteiger partial charge in [0.1, 0.15) is 0 Å². The second-order valence-corrected chi connectivity index (χ2v) is 4.35. The van der Waals surface area contributed by atoms with Crippen LogP contribution in [0, 0.1) is 0 Å². The van der Waals surface area contributed by atoms with Crippen LogP contribution in [-0.2, 0) is 16.0 Å². The number of carbonyl (C=O) groups is 2. The van der Waals surface area contributed by atoms with Crippen LogP contribution >= 0.6 is 12.4 Å². The Hall–Kier alpha value is -1.59. The van der Waals surface area contributed by atoms with E-state index in [1.807, 2.05) is 12.1 Å². The number of rotatable bonds is 3. The van der Waals surface area contributed by atoms with Crippen molar-refractivity contribution in [3.63, 3.8) is 0 Å². The van der Waals surface area contributed by atoms with Gasteiger partial charge in [-0.25, -0.2) is 0 Å². The minimum absolute atomic E-state index is 0. The minimum atomic E-state index is -0.0740. The molecule has 1 aromatic rings. The Morgan fingerprint density at radius 1 is 1.37 bits per heavy atom. The number of hydrogen-bond donors (Lipinski definition) is 3. The zero-order valence-corrected chi connectivity index (χ0v) is 11.6. The van der Waals surface area contributed by atoms with Crippen LogP contribution in [0.15, 0.2) is 18.2 Å². The van der Waals surface area contributed by atoms with E-state index >= 15 is 0 Å². The van der Waals surface area contributed by atoms with Gasteiger partial charge in [-0.3, -0.25) is 9.59 Å². The fraction of sp³-hybridized carbons (Fsp3) is 0.385. The second kappa shape index (κ2) is 7.11. The summed E-state index contributed by atoms with van der Waals surface area (Å²) in [5, 5.41) is 8.47. The summed E-state index contributed by atoms with van der Waals surface area (Å²) in [4.78, 5) is 22.9. The highest BCUT2D eigenvalue weighted by Crippen LogP contribution is 2.25. The van der Waals surface area contributed by atoms with E-state index in [1.165, 1.54) is 0 Å². The highest BCUT2D eigenvalue weighted by molar-refractivity contribution is 5.95. The van der Waals surface area contributed by atoms with Gasteiger partial charge in [0.15, 0.2) is 0 Å². The van der Waals surface area contributed by atoms with E-state index < -0.39 is 0 Å². The topological polar surface area (TPSA) is 70.2 Å². The number of nitrogens with one attached hydrogen (secondary N) is 3. The van der Waals surface area contributed by atoms with Gasteiger partial charge in [0.25, 0.3) is 0 Å². The van der Waals surface area contributed by atoms with Crippen LogP contribution in [0.3, 0.4) is 0 Å². The van der Waals surface area contributed by atoms with Gasteiger partial charge >= 0.3 is 0 Å². The SMILES string of the molecule is CNCC(=O)Nc1ccc2c(c1)CCCC(=O)N2.Cl. The van der Waals surface area contributed by atoms with Crippen molar-refractivity contribution in [3.8, 4) is 0 Å². The molecule has 0 unspecified atom stereocenters. The Balaban J connectivity index is 0.00000180. The summed E-state index contributed by atoms with van der Waals surface area (Å²) in [5.74, 6) is -0.0178. The van der Waals surface area contributed by atoms with Crippen LogP contribution in [0.2, 0.25) is 0 Å². The van der Waals surface area contributed by atoms with Crippen molar-refractivity contribution in [3.05, 3.63) is 23.8 Å². The molecule has 5 nitrogen and oxygen atoms in total. The quantitative estimate of drug-likeness (QED) is 0.788. The van der Waals surface area contributed by atoms with E-state index in [0.717, 1.165) is 29.8 Å². The fourth-order valence-corrected chi connectivity index (χ4v) is 2.02.